The fourth-order valence-corrected chi connectivity index (χ4v) is 1.51. The molecule has 15 heavy (non-hydrogen) atoms. The van der Waals surface area contributed by atoms with Crippen LogP contribution in [0.1, 0.15) is 5.56 Å². The quantitative estimate of drug-likeness (QED) is 0.804. The van der Waals surface area contributed by atoms with E-state index in [0.29, 0.717) is 10.0 Å². The summed E-state index contributed by atoms with van der Waals surface area (Å²) in [6, 6.07) is 5.70. The summed E-state index contributed by atoms with van der Waals surface area (Å²) >= 11 is 11.7. The zero-order chi connectivity index (χ0) is 11.3. The molecule has 0 aromatic heterocycles. The van der Waals surface area contributed by atoms with Crippen LogP contribution in [0.4, 0.5) is 0 Å². The van der Waals surface area contributed by atoms with Gasteiger partial charge in [-0.3, -0.25) is 0 Å². The number of nitrogens with one attached hydrogen (secondary N) is 1. The largest absolute Gasteiger partial charge is 0.311 e. The number of hydrogen-bond donors (Lipinski definition) is 1. The number of nitrogens with zero attached hydrogens (tertiary/aromatic N) is 1. The van der Waals surface area contributed by atoms with E-state index in [4.69, 9.17) is 23.2 Å². The van der Waals surface area contributed by atoms with Crippen LogP contribution >= 0.6 is 23.2 Å². The molecule has 4 heteroatoms. The first-order valence-electron chi connectivity index (χ1n) is 4.89. The lowest BCUT2D eigenvalue weighted by Crippen LogP contribution is -2.26. The van der Waals surface area contributed by atoms with E-state index in [1.807, 2.05) is 18.2 Å². The average molecular weight is 247 g/mol. The van der Waals surface area contributed by atoms with Crippen molar-refractivity contribution in [1.82, 2.24) is 10.2 Å². The molecule has 0 saturated carbocycles. The highest BCUT2D eigenvalue weighted by Crippen LogP contribution is 2.22. The maximum absolute atomic E-state index is 5.91. The number of hydrogen-bond acceptors (Lipinski definition) is 2. The van der Waals surface area contributed by atoms with Crippen molar-refractivity contribution < 1.29 is 0 Å². The summed E-state index contributed by atoms with van der Waals surface area (Å²) in [6.07, 6.45) is 0. The van der Waals surface area contributed by atoms with Gasteiger partial charge in [0.05, 0.1) is 10.0 Å². The Bertz CT molecular complexity index is 313. The smallest absolute Gasteiger partial charge is 0.0595 e. The second kappa shape index (κ2) is 6.33. The van der Waals surface area contributed by atoms with Crippen molar-refractivity contribution in [3.8, 4) is 0 Å². The highest BCUT2D eigenvalue weighted by atomic mass is 35.5. The van der Waals surface area contributed by atoms with Gasteiger partial charge in [-0.2, -0.15) is 0 Å². The summed E-state index contributed by atoms with van der Waals surface area (Å²) in [5.41, 5.74) is 1.16. The summed E-state index contributed by atoms with van der Waals surface area (Å²) in [5, 5.41) is 4.56. The van der Waals surface area contributed by atoms with Gasteiger partial charge in [-0.15, -0.1) is 0 Å². The van der Waals surface area contributed by atoms with Crippen LogP contribution in [-0.2, 0) is 6.54 Å². The van der Waals surface area contributed by atoms with Crippen LogP contribution in [0.25, 0.3) is 0 Å². The van der Waals surface area contributed by atoms with Gasteiger partial charge in [-0.25, -0.2) is 0 Å². The van der Waals surface area contributed by atoms with Crippen LogP contribution < -0.4 is 5.32 Å². The Balaban J connectivity index is 2.35. The zero-order valence-electron chi connectivity index (χ0n) is 9.06. The molecule has 84 valence electrons. The monoisotopic (exact) mass is 246 g/mol. The van der Waals surface area contributed by atoms with Gasteiger partial charge in [-0.1, -0.05) is 29.3 Å². The lowest BCUT2D eigenvalue weighted by Gasteiger charge is -2.10. The van der Waals surface area contributed by atoms with Gasteiger partial charge >= 0.3 is 0 Å². The van der Waals surface area contributed by atoms with E-state index in [1.54, 1.807) is 0 Å². The van der Waals surface area contributed by atoms with Gasteiger partial charge in [0.2, 0.25) is 0 Å². The maximum Gasteiger partial charge on any atom is 0.0595 e. The van der Waals surface area contributed by atoms with E-state index in [0.717, 1.165) is 25.2 Å². The zero-order valence-corrected chi connectivity index (χ0v) is 10.6. The van der Waals surface area contributed by atoms with Crippen LogP contribution in [0, 0.1) is 0 Å². The molecule has 0 aliphatic carbocycles. The first-order chi connectivity index (χ1) is 7.09. The van der Waals surface area contributed by atoms with Crippen LogP contribution in [0.3, 0.4) is 0 Å². The van der Waals surface area contributed by atoms with Crippen molar-refractivity contribution in [3.63, 3.8) is 0 Å². The Kier molecular flexibility index (Phi) is 5.40. The lowest BCUT2D eigenvalue weighted by atomic mass is 10.2. The predicted molar refractivity (Wildman–Crippen MR) is 66.7 cm³/mol. The molecule has 1 N–H and O–H groups in total. The third kappa shape index (κ3) is 4.85. The van der Waals surface area contributed by atoms with E-state index in [2.05, 4.69) is 24.3 Å². The highest BCUT2D eigenvalue weighted by Gasteiger charge is 1.99. The van der Waals surface area contributed by atoms with E-state index in [-0.39, 0.29) is 0 Å². The van der Waals surface area contributed by atoms with Gasteiger partial charge < -0.3 is 10.2 Å². The van der Waals surface area contributed by atoms with Crippen molar-refractivity contribution >= 4 is 23.2 Å². The third-order valence-electron chi connectivity index (χ3n) is 2.05. The average Bonchev–Trinajstić information content (AvgIpc) is 2.18. The van der Waals surface area contributed by atoms with Gasteiger partial charge in [0.1, 0.15) is 0 Å². The third-order valence-corrected chi connectivity index (χ3v) is 2.79. The molecular formula is C11H16Cl2N2. The van der Waals surface area contributed by atoms with Gasteiger partial charge in [-0.05, 0) is 31.8 Å². The molecule has 0 amide bonds. The molecule has 0 saturated heterocycles. The Hall–Kier alpha value is -0.280. The number of rotatable bonds is 5. The van der Waals surface area contributed by atoms with Crippen molar-refractivity contribution in [2.24, 2.45) is 0 Å². The van der Waals surface area contributed by atoms with Gasteiger partial charge in [0.25, 0.3) is 0 Å². The minimum atomic E-state index is 0.605. The molecule has 0 spiro atoms. The van der Waals surface area contributed by atoms with Crippen molar-refractivity contribution in [1.29, 1.82) is 0 Å². The van der Waals surface area contributed by atoms with Crippen LogP contribution in [0.2, 0.25) is 10.0 Å². The molecule has 2 nitrogen and oxygen atoms in total. The topological polar surface area (TPSA) is 15.3 Å². The van der Waals surface area contributed by atoms with Gasteiger partial charge in [0, 0.05) is 19.6 Å². The van der Waals surface area contributed by atoms with Crippen molar-refractivity contribution in [2.75, 3.05) is 27.2 Å². The van der Waals surface area contributed by atoms with Gasteiger partial charge in [0.15, 0.2) is 0 Å². The molecule has 0 aliphatic heterocycles. The SMILES string of the molecule is CN(C)CCNCc1ccc(Cl)c(Cl)c1. The summed E-state index contributed by atoms with van der Waals surface area (Å²) in [6.45, 7) is 2.82. The minimum Gasteiger partial charge on any atom is -0.311 e. The lowest BCUT2D eigenvalue weighted by molar-refractivity contribution is 0.400. The van der Waals surface area contributed by atoms with E-state index >= 15 is 0 Å². The highest BCUT2D eigenvalue weighted by molar-refractivity contribution is 6.42. The van der Waals surface area contributed by atoms with Crippen molar-refractivity contribution in [2.45, 2.75) is 6.54 Å². The Morgan fingerprint density at radius 3 is 2.53 bits per heavy atom. The molecule has 1 rings (SSSR count). The summed E-state index contributed by atoms with van der Waals surface area (Å²) in [7, 11) is 4.11. The number of benzene rings is 1. The molecule has 0 bridgehead atoms. The Labute approximate surface area is 101 Å². The van der Waals surface area contributed by atoms with Crippen molar-refractivity contribution in [3.05, 3.63) is 33.8 Å². The standard InChI is InChI=1S/C11H16Cl2N2/c1-15(2)6-5-14-8-9-3-4-10(12)11(13)7-9/h3-4,7,14H,5-6,8H2,1-2H3. The first kappa shape index (κ1) is 12.8. The maximum atomic E-state index is 5.91. The first-order valence-corrected chi connectivity index (χ1v) is 5.64. The van der Waals surface area contributed by atoms with E-state index < -0.39 is 0 Å². The molecule has 0 aliphatic rings. The minimum absolute atomic E-state index is 0.605. The Morgan fingerprint density at radius 2 is 1.93 bits per heavy atom. The summed E-state index contributed by atoms with van der Waals surface area (Å²) < 4.78 is 0. The summed E-state index contributed by atoms with van der Waals surface area (Å²) in [4.78, 5) is 2.14. The fourth-order valence-electron chi connectivity index (χ4n) is 1.18. The molecule has 1 aromatic carbocycles. The van der Waals surface area contributed by atoms with Crippen LogP contribution in [0.5, 0.6) is 0 Å². The van der Waals surface area contributed by atoms with Crippen LogP contribution in [-0.4, -0.2) is 32.1 Å². The van der Waals surface area contributed by atoms with E-state index in [1.165, 1.54) is 0 Å². The second-order valence-corrected chi connectivity index (χ2v) is 4.54. The molecule has 0 fully saturated rings. The van der Waals surface area contributed by atoms with E-state index in [9.17, 15) is 0 Å². The van der Waals surface area contributed by atoms with Crippen LogP contribution in [0.15, 0.2) is 18.2 Å². The number of likely N-dealkylation sites (N-methyl/N-ethyl adjacent to an activating group) is 1. The molecular weight excluding hydrogens is 231 g/mol. The summed E-state index contributed by atoms with van der Waals surface area (Å²) in [5.74, 6) is 0. The molecule has 1 aromatic rings. The normalized spacial score (nSPS) is 11.0. The fraction of sp³-hybridized carbons (Fsp3) is 0.455. The number of halogens is 2. The Morgan fingerprint density at radius 1 is 1.20 bits per heavy atom. The molecule has 0 atom stereocenters. The molecule has 0 unspecified atom stereocenters. The predicted octanol–water partition coefficient (Wildman–Crippen LogP) is 2.64. The molecule has 0 heterocycles. The second-order valence-electron chi connectivity index (χ2n) is 3.73. The molecule has 0 radical (unpaired) electrons.